The summed E-state index contributed by atoms with van der Waals surface area (Å²) in [6.07, 6.45) is 3.48. The lowest BCUT2D eigenvalue weighted by molar-refractivity contribution is 0.0912. The molecule has 3 nitrogen and oxygen atoms in total. The summed E-state index contributed by atoms with van der Waals surface area (Å²) < 4.78 is 0. The minimum Gasteiger partial charge on any atom is -0.348 e. The Bertz CT molecular complexity index is 317. The van der Waals surface area contributed by atoms with Crippen LogP contribution in [0.5, 0.6) is 0 Å². The molecule has 0 spiro atoms. The van der Waals surface area contributed by atoms with Gasteiger partial charge in [-0.25, -0.2) is 4.98 Å². The van der Waals surface area contributed by atoms with E-state index in [0.717, 1.165) is 17.8 Å². The number of carbonyl (C=O) groups is 1. The molecular formula is C9H12N2OS. The maximum Gasteiger partial charge on any atom is 0.270 e. The van der Waals surface area contributed by atoms with Gasteiger partial charge in [-0.1, -0.05) is 0 Å². The van der Waals surface area contributed by atoms with Crippen LogP contribution in [0.25, 0.3) is 0 Å². The van der Waals surface area contributed by atoms with Crippen molar-refractivity contribution < 1.29 is 4.79 Å². The van der Waals surface area contributed by atoms with Gasteiger partial charge in [0.2, 0.25) is 0 Å². The Morgan fingerprint density at radius 3 is 2.92 bits per heavy atom. The summed E-state index contributed by atoms with van der Waals surface area (Å²) in [6.45, 7) is 1.91. The Kier molecular flexibility index (Phi) is 2.31. The van der Waals surface area contributed by atoms with Crippen LogP contribution >= 0.6 is 11.3 Å². The Hall–Kier alpha value is -0.900. The van der Waals surface area contributed by atoms with E-state index in [1.165, 1.54) is 17.8 Å². The van der Waals surface area contributed by atoms with Crippen LogP contribution in [0.3, 0.4) is 0 Å². The highest BCUT2D eigenvalue weighted by atomic mass is 32.1. The minimum atomic E-state index is -0.0194. The number of amides is 1. The molecule has 2 rings (SSSR count). The zero-order chi connectivity index (χ0) is 9.26. The van der Waals surface area contributed by atoms with Crippen molar-refractivity contribution in [3.05, 3.63) is 16.1 Å². The Balaban J connectivity index is 1.96. The van der Waals surface area contributed by atoms with Gasteiger partial charge in [0, 0.05) is 11.4 Å². The lowest BCUT2D eigenvalue weighted by Crippen LogP contribution is -2.39. The first kappa shape index (κ1) is 8.69. The largest absolute Gasteiger partial charge is 0.348 e. The first-order chi connectivity index (χ1) is 6.25. The van der Waals surface area contributed by atoms with Gasteiger partial charge in [0.15, 0.2) is 0 Å². The monoisotopic (exact) mass is 196 g/mol. The molecule has 1 heterocycles. The summed E-state index contributed by atoms with van der Waals surface area (Å²) in [5.74, 6) is -0.0194. The van der Waals surface area contributed by atoms with Gasteiger partial charge in [0.05, 0.1) is 5.01 Å². The second kappa shape index (κ2) is 3.46. The van der Waals surface area contributed by atoms with Crippen molar-refractivity contribution in [2.45, 2.75) is 32.2 Å². The number of nitrogens with zero attached hydrogens (tertiary/aromatic N) is 1. The number of rotatable bonds is 2. The van der Waals surface area contributed by atoms with Crippen LogP contribution < -0.4 is 5.32 Å². The summed E-state index contributed by atoms with van der Waals surface area (Å²) in [4.78, 5) is 15.6. The Labute approximate surface area is 81.2 Å². The van der Waals surface area contributed by atoms with Crippen molar-refractivity contribution in [2.75, 3.05) is 0 Å². The average molecular weight is 196 g/mol. The fraction of sp³-hybridized carbons (Fsp3) is 0.556. The van der Waals surface area contributed by atoms with Gasteiger partial charge < -0.3 is 5.32 Å². The SMILES string of the molecule is Cc1nc(C(=O)NC2CCC2)cs1. The normalized spacial score (nSPS) is 16.7. The number of hydrogen-bond donors (Lipinski definition) is 1. The third-order valence-electron chi connectivity index (χ3n) is 2.29. The molecule has 1 N–H and O–H groups in total. The van der Waals surface area contributed by atoms with Crippen LogP contribution in [0.15, 0.2) is 5.38 Å². The number of carbonyl (C=O) groups excluding carboxylic acids is 1. The molecule has 0 unspecified atom stereocenters. The summed E-state index contributed by atoms with van der Waals surface area (Å²) in [5, 5.41) is 5.70. The van der Waals surface area contributed by atoms with Gasteiger partial charge in [-0.05, 0) is 26.2 Å². The molecule has 1 fully saturated rings. The van der Waals surface area contributed by atoms with Crippen molar-refractivity contribution in [1.29, 1.82) is 0 Å². The van der Waals surface area contributed by atoms with E-state index in [1.54, 1.807) is 0 Å². The van der Waals surface area contributed by atoms with E-state index in [2.05, 4.69) is 10.3 Å². The molecule has 13 heavy (non-hydrogen) atoms. The fourth-order valence-electron chi connectivity index (χ4n) is 1.28. The molecule has 1 aliphatic carbocycles. The van der Waals surface area contributed by atoms with Crippen LogP contribution in [-0.4, -0.2) is 16.9 Å². The predicted octanol–water partition coefficient (Wildman–Crippen LogP) is 1.73. The van der Waals surface area contributed by atoms with Crippen molar-refractivity contribution in [3.8, 4) is 0 Å². The highest BCUT2D eigenvalue weighted by molar-refractivity contribution is 7.09. The van der Waals surface area contributed by atoms with Crippen molar-refractivity contribution in [1.82, 2.24) is 10.3 Å². The quantitative estimate of drug-likeness (QED) is 0.782. The molecule has 1 aliphatic rings. The predicted molar refractivity (Wildman–Crippen MR) is 52.0 cm³/mol. The van der Waals surface area contributed by atoms with Gasteiger partial charge in [-0.2, -0.15) is 0 Å². The van der Waals surface area contributed by atoms with Gasteiger partial charge in [0.25, 0.3) is 5.91 Å². The molecule has 1 saturated carbocycles. The summed E-state index contributed by atoms with van der Waals surface area (Å²) in [7, 11) is 0. The van der Waals surface area contributed by atoms with Crippen LogP contribution in [0.1, 0.15) is 34.8 Å². The first-order valence-corrected chi connectivity index (χ1v) is 5.36. The number of hydrogen-bond acceptors (Lipinski definition) is 3. The lowest BCUT2D eigenvalue weighted by atomic mass is 9.93. The molecule has 1 aromatic rings. The van der Waals surface area contributed by atoms with Gasteiger partial charge in [-0.15, -0.1) is 11.3 Å². The molecule has 1 amide bonds. The molecule has 0 aliphatic heterocycles. The van der Waals surface area contributed by atoms with Crippen LogP contribution in [0.2, 0.25) is 0 Å². The third kappa shape index (κ3) is 1.88. The van der Waals surface area contributed by atoms with E-state index in [1.807, 2.05) is 12.3 Å². The highest BCUT2D eigenvalue weighted by Crippen LogP contribution is 2.18. The topological polar surface area (TPSA) is 42.0 Å². The summed E-state index contributed by atoms with van der Waals surface area (Å²) in [5.41, 5.74) is 0.564. The number of aromatic nitrogens is 1. The van der Waals surface area contributed by atoms with E-state index in [0.29, 0.717) is 11.7 Å². The molecular weight excluding hydrogens is 184 g/mol. The highest BCUT2D eigenvalue weighted by Gasteiger charge is 2.20. The summed E-state index contributed by atoms with van der Waals surface area (Å²) >= 11 is 1.51. The van der Waals surface area contributed by atoms with Crippen molar-refractivity contribution in [2.24, 2.45) is 0 Å². The maximum atomic E-state index is 11.5. The van der Waals surface area contributed by atoms with Crippen molar-refractivity contribution >= 4 is 17.2 Å². The average Bonchev–Trinajstić information content (AvgIpc) is 2.44. The molecule has 4 heteroatoms. The molecule has 0 saturated heterocycles. The van der Waals surface area contributed by atoms with Gasteiger partial charge in [0.1, 0.15) is 5.69 Å². The van der Waals surface area contributed by atoms with E-state index in [9.17, 15) is 4.79 Å². The number of aryl methyl sites for hydroxylation is 1. The Morgan fingerprint density at radius 2 is 2.46 bits per heavy atom. The molecule has 70 valence electrons. The zero-order valence-electron chi connectivity index (χ0n) is 7.54. The fourth-order valence-corrected chi connectivity index (χ4v) is 1.87. The smallest absolute Gasteiger partial charge is 0.270 e. The van der Waals surface area contributed by atoms with E-state index < -0.39 is 0 Å². The molecule has 0 radical (unpaired) electrons. The van der Waals surface area contributed by atoms with Crippen LogP contribution in [-0.2, 0) is 0 Å². The van der Waals surface area contributed by atoms with Crippen LogP contribution in [0, 0.1) is 6.92 Å². The van der Waals surface area contributed by atoms with Gasteiger partial charge in [-0.3, -0.25) is 4.79 Å². The number of nitrogens with one attached hydrogen (secondary N) is 1. The summed E-state index contributed by atoms with van der Waals surface area (Å²) in [6, 6.07) is 0.398. The second-order valence-corrected chi connectivity index (χ2v) is 4.42. The third-order valence-corrected chi connectivity index (χ3v) is 3.07. The molecule has 0 bridgehead atoms. The molecule has 0 aromatic carbocycles. The standard InChI is InChI=1S/C9H12N2OS/c1-6-10-8(5-13-6)9(12)11-7-3-2-4-7/h5,7H,2-4H2,1H3,(H,11,12). The zero-order valence-corrected chi connectivity index (χ0v) is 8.36. The number of thiazole rings is 1. The Morgan fingerprint density at radius 1 is 1.69 bits per heavy atom. The van der Waals surface area contributed by atoms with E-state index in [4.69, 9.17) is 0 Å². The second-order valence-electron chi connectivity index (χ2n) is 3.35. The lowest BCUT2D eigenvalue weighted by Gasteiger charge is -2.25. The van der Waals surface area contributed by atoms with Crippen molar-refractivity contribution in [3.63, 3.8) is 0 Å². The molecule has 1 aromatic heterocycles. The van der Waals surface area contributed by atoms with Crippen LogP contribution in [0.4, 0.5) is 0 Å². The minimum absolute atomic E-state index is 0.0194. The van der Waals surface area contributed by atoms with E-state index >= 15 is 0 Å². The molecule has 0 atom stereocenters. The van der Waals surface area contributed by atoms with Gasteiger partial charge >= 0.3 is 0 Å². The maximum absolute atomic E-state index is 11.5. The van der Waals surface area contributed by atoms with E-state index in [-0.39, 0.29) is 5.91 Å². The first-order valence-electron chi connectivity index (χ1n) is 4.49.